The van der Waals surface area contributed by atoms with Gasteiger partial charge in [-0.05, 0) is 0 Å². The van der Waals surface area contributed by atoms with Gasteiger partial charge in [0.25, 0.3) is 15.6 Å². The number of nitrogens with two attached hydrogens (primary N) is 1. The van der Waals surface area contributed by atoms with Gasteiger partial charge < -0.3 is 44.8 Å². The standard InChI is InChI=1S/C10H16N5O13P3.2Li/c11-8-5-9(13-2-12-8)15(3-14-5)10-7(17)6(16)4(26-10)1-25-30(21,22)28-31(23,24)27-29(18,19)20;;/h2-4,6-7,10,16-17H,1H2,(H,21,22)(H,23,24)(H2,11,12,13)(H2,18,19,20);;/q;2*+1/p-2/t4-,6-,7-,10-;;/m1../s1. The summed E-state index contributed by atoms with van der Waals surface area (Å²) in [6.07, 6.45) is -3.89. The summed E-state index contributed by atoms with van der Waals surface area (Å²) >= 11 is 0. The molecule has 1 aliphatic heterocycles. The summed E-state index contributed by atoms with van der Waals surface area (Å²) in [7, 11) is -17.4. The zero-order valence-corrected chi connectivity index (χ0v) is 19.5. The number of phosphoric acid groups is 3. The predicted molar refractivity (Wildman–Crippen MR) is 91.0 cm³/mol. The summed E-state index contributed by atoms with van der Waals surface area (Å²) in [6, 6.07) is 0. The van der Waals surface area contributed by atoms with Crippen molar-refractivity contribution in [2.75, 3.05) is 12.3 Å². The average Bonchev–Trinajstić information content (AvgIpc) is 3.13. The topological polar surface area (TPSA) is 285 Å². The minimum atomic E-state index is -6.01. The van der Waals surface area contributed by atoms with E-state index in [0.717, 1.165) is 6.33 Å². The van der Waals surface area contributed by atoms with Gasteiger partial charge in [0.1, 0.15) is 30.2 Å². The van der Waals surface area contributed by atoms with Crippen LogP contribution in [0.25, 0.3) is 11.2 Å². The van der Waals surface area contributed by atoms with Crippen LogP contribution >= 0.6 is 23.5 Å². The molecule has 0 aromatic carbocycles. The number of aromatic nitrogens is 4. The Morgan fingerprint density at radius 3 is 2.30 bits per heavy atom. The first-order valence-electron chi connectivity index (χ1n) is 7.88. The molecule has 2 aromatic rings. The molecule has 174 valence electrons. The van der Waals surface area contributed by atoms with Crippen LogP contribution in [0, 0.1) is 0 Å². The number of anilines is 1. The quantitative estimate of drug-likeness (QED) is 0.160. The second-order valence-corrected chi connectivity index (χ2v) is 10.3. The third-order valence-electron chi connectivity index (χ3n) is 3.80. The summed E-state index contributed by atoms with van der Waals surface area (Å²) in [4.78, 5) is 51.3. The van der Waals surface area contributed by atoms with E-state index in [2.05, 4.69) is 28.1 Å². The van der Waals surface area contributed by atoms with Crippen LogP contribution in [0.4, 0.5) is 5.82 Å². The molecule has 2 unspecified atom stereocenters. The second-order valence-electron chi connectivity index (χ2n) is 5.97. The second kappa shape index (κ2) is 11.3. The Hall–Kier alpha value is -0.165. The number of nitrogen functional groups attached to an aromatic ring is 1. The van der Waals surface area contributed by atoms with Crippen molar-refractivity contribution in [1.29, 1.82) is 0 Å². The first-order valence-corrected chi connectivity index (χ1v) is 12.3. The Labute approximate surface area is 208 Å². The number of hydrogen-bond acceptors (Lipinski definition) is 15. The molecule has 1 saturated heterocycles. The number of fused-ring (bicyclic) bond motifs is 1. The van der Waals surface area contributed by atoms with Crippen LogP contribution in [0.5, 0.6) is 0 Å². The van der Waals surface area contributed by atoms with Gasteiger partial charge in [-0.2, -0.15) is 0 Å². The van der Waals surface area contributed by atoms with E-state index in [4.69, 9.17) is 20.3 Å². The van der Waals surface area contributed by atoms with Gasteiger partial charge in [-0.3, -0.25) is 13.7 Å². The van der Waals surface area contributed by atoms with Crippen LogP contribution in [0.15, 0.2) is 12.7 Å². The maximum atomic E-state index is 11.6. The van der Waals surface area contributed by atoms with Crippen molar-refractivity contribution in [2.45, 2.75) is 24.5 Å². The maximum Gasteiger partial charge on any atom is 1.00 e. The van der Waals surface area contributed by atoms with E-state index in [9.17, 15) is 33.7 Å². The van der Waals surface area contributed by atoms with Crippen LogP contribution in [-0.4, -0.2) is 64.4 Å². The number of phosphoric ester groups is 1. The maximum absolute atomic E-state index is 11.6. The first kappa shape index (κ1) is 30.9. The molecule has 2 aromatic heterocycles. The molecule has 0 radical (unpaired) electrons. The van der Waals surface area contributed by atoms with Gasteiger partial charge in [0.15, 0.2) is 17.7 Å². The number of nitrogens with zero attached hydrogens (tertiary/aromatic N) is 4. The SMILES string of the molecule is Nc1ncnc2c1ncn2[C@@H]1O[C@H](COP(=O)([O-])OP(=O)([O-])OP(=O)(O)O)[C@@H](O)[C@H]1O.[Li+].[Li+]. The summed E-state index contributed by atoms with van der Waals surface area (Å²) in [6.45, 7) is -1.05. The van der Waals surface area contributed by atoms with Crippen LogP contribution in [-0.2, 0) is 31.6 Å². The van der Waals surface area contributed by atoms with E-state index in [1.54, 1.807) is 0 Å². The smallest absolute Gasteiger partial charge is 0.756 e. The van der Waals surface area contributed by atoms with E-state index in [1.165, 1.54) is 10.9 Å². The fourth-order valence-electron chi connectivity index (χ4n) is 2.61. The molecule has 6 atom stereocenters. The van der Waals surface area contributed by atoms with Gasteiger partial charge >= 0.3 is 45.5 Å². The predicted octanol–water partition coefficient (Wildman–Crippen LogP) is -8.89. The fraction of sp³-hybridized carbons (Fsp3) is 0.500. The molecule has 0 spiro atoms. The molecule has 3 heterocycles. The molecule has 23 heteroatoms. The Morgan fingerprint density at radius 1 is 1.06 bits per heavy atom. The van der Waals surface area contributed by atoms with Crippen LogP contribution in [0.3, 0.4) is 0 Å². The van der Waals surface area contributed by atoms with Crippen molar-refractivity contribution in [3.63, 3.8) is 0 Å². The normalized spacial score (nSPS) is 26.7. The molecule has 0 bridgehead atoms. The zero-order chi connectivity index (χ0) is 23.2. The molecule has 1 aliphatic rings. The molecule has 18 nitrogen and oxygen atoms in total. The molecule has 0 amide bonds. The van der Waals surface area contributed by atoms with E-state index < -0.39 is 54.6 Å². The molecule has 0 aliphatic carbocycles. The van der Waals surface area contributed by atoms with Gasteiger partial charge in [0, 0.05) is 0 Å². The Kier molecular flexibility index (Phi) is 10.5. The molecule has 1 fully saturated rings. The summed E-state index contributed by atoms with van der Waals surface area (Å²) in [5, 5.41) is 20.4. The monoisotopic (exact) mass is 519 g/mol. The first-order chi connectivity index (χ1) is 14.2. The number of ether oxygens (including phenoxy) is 1. The minimum Gasteiger partial charge on any atom is -0.756 e. The number of rotatable bonds is 8. The molecular weight excluding hydrogens is 505 g/mol. The Morgan fingerprint density at radius 2 is 1.70 bits per heavy atom. The largest absolute Gasteiger partial charge is 1.00 e. The van der Waals surface area contributed by atoms with Gasteiger partial charge in [0.05, 0.1) is 12.9 Å². The molecule has 3 rings (SSSR count). The Bertz CT molecular complexity index is 1120. The van der Waals surface area contributed by atoms with E-state index >= 15 is 0 Å². The number of aliphatic hydroxyl groups excluding tert-OH is 2. The summed E-state index contributed by atoms with van der Waals surface area (Å²) in [5.41, 5.74) is 5.95. The number of aliphatic hydroxyl groups is 2. The van der Waals surface area contributed by atoms with Crippen molar-refractivity contribution in [3.05, 3.63) is 12.7 Å². The number of hydrogen-bond donors (Lipinski definition) is 5. The van der Waals surface area contributed by atoms with Crippen molar-refractivity contribution in [2.24, 2.45) is 0 Å². The van der Waals surface area contributed by atoms with Gasteiger partial charge in [-0.15, -0.1) is 0 Å². The fourth-order valence-corrected chi connectivity index (χ4v) is 5.54. The summed E-state index contributed by atoms with van der Waals surface area (Å²) in [5.74, 6) is 0.0284. The van der Waals surface area contributed by atoms with Crippen molar-refractivity contribution >= 4 is 40.4 Å². The molecule has 6 N–H and O–H groups in total. The van der Waals surface area contributed by atoms with Crippen molar-refractivity contribution in [3.8, 4) is 0 Å². The van der Waals surface area contributed by atoms with Gasteiger partial charge in [-0.1, -0.05) is 0 Å². The van der Waals surface area contributed by atoms with Crippen molar-refractivity contribution < 1.29 is 99.1 Å². The van der Waals surface area contributed by atoms with Crippen LogP contribution in [0.1, 0.15) is 6.23 Å². The minimum absolute atomic E-state index is 0. The van der Waals surface area contributed by atoms with Gasteiger partial charge in [-0.25, -0.2) is 28.1 Å². The third kappa shape index (κ3) is 7.66. The average molecular weight is 519 g/mol. The van der Waals surface area contributed by atoms with E-state index in [1.807, 2.05) is 0 Å². The molecule has 0 saturated carbocycles. The molecule has 33 heavy (non-hydrogen) atoms. The third-order valence-corrected chi connectivity index (χ3v) is 7.52. The zero-order valence-electron chi connectivity index (χ0n) is 16.8. The Balaban J connectivity index is 0.00000272. The van der Waals surface area contributed by atoms with Crippen LogP contribution in [0.2, 0.25) is 0 Å². The van der Waals surface area contributed by atoms with E-state index in [0.29, 0.717) is 0 Å². The van der Waals surface area contributed by atoms with Gasteiger partial charge in [0.2, 0.25) is 0 Å². The summed E-state index contributed by atoms with van der Waals surface area (Å²) < 4.78 is 50.9. The van der Waals surface area contributed by atoms with Crippen LogP contribution < -0.4 is 53.2 Å². The number of imidazole rings is 1. The van der Waals surface area contributed by atoms with E-state index in [-0.39, 0.29) is 54.7 Å². The molecular formula is C10H14Li2N5O13P3. The van der Waals surface area contributed by atoms with Crippen molar-refractivity contribution in [1.82, 2.24) is 19.5 Å².